The summed E-state index contributed by atoms with van der Waals surface area (Å²) in [5.74, 6) is 1.95. The third kappa shape index (κ3) is 25.2. The molecular weight excluding hydrogens is 1130 g/mol. The largest absolute Gasteiger partial charge is 0.494 e. The Balaban J connectivity index is 0.000000457. The van der Waals surface area contributed by atoms with Gasteiger partial charge in [-0.15, -0.1) is 0 Å². The third-order valence-electron chi connectivity index (χ3n) is 8.65. The summed E-state index contributed by atoms with van der Waals surface area (Å²) in [7, 11) is -11.3. The molecule has 0 amide bonds. The van der Waals surface area contributed by atoms with E-state index in [-0.39, 0.29) is 0 Å². The lowest BCUT2D eigenvalue weighted by atomic mass is 10.1. The molecule has 64 heavy (non-hydrogen) atoms. The van der Waals surface area contributed by atoms with Crippen LogP contribution < -0.4 is 9.47 Å². The molecule has 4 aromatic rings. The van der Waals surface area contributed by atoms with Gasteiger partial charge in [0.25, 0.3) is 0 Å². The highest BCUT2D eigenvalue weighted by Gasteiger charge is 2.49. The number of hydrogen-bond donors (Lipinski definition) is 2. The molecule has 2 N–H and O–H groups in total. The monoisotopic (exact) mass is 1180 g/mol. The number of ether oxygens (including phenoxy) is 2. The predicted molar refractivity (Wildman–Crippen MR) is 252 cm³/mol. The number of unbranched alkanes of at least 4 members (excludes halogenated alkanes) is 10. The molecule has 0 saturated carbocycles. The molecule has 0 aliphatic rings. The molecular formula is C44H54F8I2O8S2. The van der Waals surface area contributed by atoms with Crippen molar-refractivity contribution in [2.45, 2.75) is 114 Å². The summed E-state index contributed by atoms with van der Waals surface area (Å²) in [6.45, 7) is 6.16. The quantitative estimate of drug-likeness (QED) is 0.0388. The Bertz CT molecular complexity index is 1960. The van der Waals surface area contributed by atoms with E-state index in [4.69, 9.17) is 18.6 Å². The maximum atomic E-state index is 11.5. The maximum absolute atomic E-state index is 11.5. The lowest BCUT2D eigenvalue weighted by Gasteiger charge is -2.08. The van der Waals surface area contributed by atoms with Crippen LogP contribution in [-0.4, -0.2) is 62.5 Å². The molecule has 0 heterocycles. The predicted octanol–water partition coefficient (Wildman–Crippen LogP) is 14.9. The Morgan fingerprint density at radius 2 is 0.766 bits per heavy atom. The number of hydrogen-bond acceptors (Lipinski definition) is 6. The normalized spacial score (nSPS) is 12.6. The minimum atomic E-state index is -5.65. The van der Waals surface area contributed by atoms with E-state index in [9.17, 15) is 52.0 Å². The summed E-state index contributed by atoms with van der Waals surface area (Å²) in [5, 5.41) is 0. The molecule has 0 bridgehead atoms. The van der Waals surface area contributed by atoms with Crippen LogP contribution in [0.4, 0.5) is 35.1 Å². The first kappa shape index (κ1) is 59.2. The van der Waals surface area contributed by atoms with Crippen molar-refractivity contribution in [2.75, 3.05) is 13.2 Å². The van der Waals surface area contributed by atoms with E-state index < -0.39 is 43.6 Å². The van der Waals surface area contributed by atoms with Crippen LogP contribution in [0.3, 0.4) is 0 Å². The second-order valence-corrected chi connectivity index (χ2v) is 19.2. The van der Waals surface area contributed by atoms with Crippen molar-refractivity contribution in [2.24, 2.45) is 0 Å². The van der Waals surface area contributed by atoms with Gasteiger partial charge >= 0.3 is 43.6 Å². The first-order valence-electron chi connectivity index (χ1n) is 20.2. The molecule has 0 saturated heterocycles. The number of benzene rings is 4. The average Bonchev–Trinajstić information content (AvgIpc) is 3.23. The van der Waals surface area contributed by atoms with Gasteiger partial charge < -0.3 is 9.47 Å². The van der Waals surface area contributed by atoms with E-state index in [2.05, 4.69) is 156 Å². The van der Waals surface area contributed by atoms with Gasteiger partial charge in [-0.05, 0) is 117 Å². The molecule has 2 atom stereocenters. The molecule has 0 spiro atoms. The van der Waals surface area contributed by atoms with Crippen LogP contribution in [0.15, 0.2) is 97.1 Å². The van der Waals surface area contributed by atoms with Crippen molar-refractivity contribution in [3.63, 3.8) is 0 Å². The summed E-state index contributed by atoms with van der Waals surface area (Å²) in [6.07, 6.45) is 4.48. The van der Waals surface area contributed by atoms with Gasteiger partial charge in [-0.3, -0.25) is 9.11 Å². The van der Waals surface area contributed by atoms with Crippen LogP contribution in [0.1, 0.15) is 90.9 Å². The smallest absolute Gasteiger partial charge is 0.436 e. The summed E-state index contributed by atoms with van der Waals surface area (Å²) in [5.41, 5.74) is -3.36. The van der Waals surface area contributed by atoms with Gasteiger partial charge in [0.05, 0.1) is 13.2 Å². The van der Waals surface area contributed by atoms with Gasteiger partial charge in [0.1, 0.15) is 11.5 Å². The van der Waals surface area contributed by atoms with Crippen molar-refractivity contribution >= 4 is 65.4 Å². The van der Waals surface area contributed by atoms with E-state index in [1.165, 1.54) is 93.6 Å². The minimum absolute atomic E-state index is 0.828. The minimum Gasteiger partial charge on any atom is -0.494 e. The Kier molecular flexibility index (Phi) is 28.2. The summed E-state index contributed by atoms with van der Waals surface area (Å²) in [4.78, 5) is 0. The first-order chi connectivity index (χ1) is 29.9. The fraction of sp³-hybridized carbons (Fsp3) is 0.455. The number of alkyl halides is 8. The summed E-state index contributed by atoms with van der Waals surface area (Å²) in [6, 6.07) is 33.8. The second-order valence-electron chi connectivity index (χ2n) is 14.0. The van der Waals surface area contributed by atoms with Gasteiger partial charge in [0.2, 0.25) is 0 Å². The van der Waals surface area contributed by atoms with Crippen LogP contribution in [0, 0.1) is 7.14 Å². The molecule has 360 valence electrons. The van der Waals surface area contributed by atoms with Gasteiger partial charge in [-0.25, -0.2) is 8.78 Å². The number of halogens is 10. The van der Waals surface area contributed by atoms with Crippen molar-refractivity contribution in [3.8, 4) is 33.8 Å². The lowest BCUT2D eigenvalue weighted by Crippen LogP contribution is -2.31. The van der Waals surface area contributed by atoms with Crippen LogP contribution >= 0.6 is 45.2 Å². The van der Waals surface area contributed by atoms with Crippen LogP contribution in [0.2, 0.25) is 0 Å². The Labute approximate surface area is 398 Å². The van der Waals surface area contributed by atoms with E-state index in [0.29, 0.717) is 0 Å². The van der Waals surface area contributed by atoms with Gasteiger partial charge in [0, 0.05) is 7.14 Å². The van der Waals surface area contributed by atoms with Crippen LogP contribution in [-0.2, 0) is 20.2 Å². The van der Waals surface area contributed by atoms with Gasteiger partial charge in [0.15, 0.2) is 0 Å². The fourth-order valence-corrected chi connectivity index (χ4v) is 7.41. The first-order valence-corrected chi connectivity index (χ1v) is 25.4. The Morgan fingerprint density at radius 1 is 0.484 bits per heavy atom. The molecule has 4 aromatic carbocycles. The third-order valence-corrected chi connectivity index (χ3v) is 12.1. The molecule has 0 radical (unpaired) electrons. The van der Waals surface area contributed by atoms with Gasteiger partial charge in [-0.1, -0.05) is 139 Å². The van der Waals surface area contributed by atoms with E-state index in [0.717, 1.165) is 37.6 Å². The van der Waals surface area contributed by atoms with E-state index in [1.807, 2.05) is 0 Å². The highest BCUT2D eigenvalue weighted by Crippen LogP contribution is 2.29. The maximum Gasteiger partial charge on any atom is 0.436 e. The SMILES string of the molecule is CCCCCCCCOc1ccc(-c2ccccc2I)cc1.CCCCCCCCOc1ccc(-c2ccccc2I)cc1.O=S(=O)(O)C(F)C(F)(F)F.O=S(=O)(O)C(F)C(F)(F)F. The highest BCUT2D eigenvalue weighted by atomic mass is 127. The van der Waals surface area contributed by atoms with Crippen molar-refractivity contribution in [1.29, 1.82) is 0 Å². The molecule has 4 rings (SSSR count). The van der Waals surface area contributed by atoms with Gasteiger partial charge in [-0.2, -0.15) is 43.2 Å². The molecule has 20 heteroatoms. The topological polar surface area (TPSA) is 127 Å². The highest BCUT2D eigenvalue weighted by molar-refractivity contribution is 14.1. The van der Waals surface area contributed by atoms with Crippen molar-refractivity contribution < 1.29 is 70.5 Å². The molecule has 2 unspecified atom stereocenters. The zero-order chi connectivity index (χ0) is 48.4. The molecule has 0 aliphatic carbocycles. The molecule has 8 nitrogen and oxygen atoms in total. The summed E-state index contributed by atoms with van der Waals surface area (Å²) >= 11 is 4.76. The zero-order valence-electron chi connectivity index (χ0n) is 35.2. The average molecular weight is 1180 g/mol. The lowest BCUT2D eigenvalue weighted by molar-refractivity contribution is -0.158. The van der Waals surface area contributed by atoms with Crippen molar-refractivity contribution in [1.82, 2.24) is 0 Å². The standard InChI is InChI=1S/2C20H25IO.2C2H2F4O3S/c2*1-2-3-4-5-6-9-16-22-18-14-12-17(13-15-18)19-10-7-8-11-20(19)21;2*3-1(2(4,5)6)10(7,8)9/h2*7-8,10-15H,2-6,9,16H2,1H3;2*1H,(H,7,8,9). The molecule has 0 aromatic heterocycles. The van der Waals surface area contributed by atoms with E-state index >= 15 is 0 Å². The molecule has 0 aliphatic heterocycles. The van der Waals surface area contributed by atoms with E-state index in [1.54, 1.807) is 0 Å². The van der Waals surface area contributed by atoms with Crippen molar-refractivity contribution in [3.05, 3.63) is 104 Å². The Morgan fingerprint density at radius 3 is 1.02 bits per heavy atom. The zero-order valence-corrected chi connectivity index (χ0v) is 41.2. The number of rotatable bonds is 20. The van der Waals surface area contributed by atoms with Crippen LogP contribution in [0.5, 0.6) is 11.5 Å². The second kappa shape index (κ2) is 30.5. The summed E-state index contributed by atoms with van der Waals surface area (Å²) < 4.78 is 156. The Hall–Kier alpha value is -2.80. The molecule has 0 fully saturated rings. The van der Waals surface area contributed by atoms with Crippen LogP contribution in [0.25, 0.3) is 22.3 Å². The fourth-order valence-electron chi connectivity index (χ4n) is 5.33.